The minimum atomic E-state index is -6.12. The molecule has 2 atom stereocenters. The molecule has 19 heteroatoms. The van der Waals surface area contributed by atoms with E-state index in [0.717, 1.165) is 38.5 Å². The van der Waals surface area contributed by atoms with Gasteiger partial charge in [0.25, 0.3) is 0 Å². The van der Waals surface area contributed by atoms with Crippen LogP contribution >= 0.6 is 0 Å². The first-order chi connectivity index (χ1) is 26.5. The van der Waals surface area contributed by atoms with Crippen molar-refractivity contribution < 1.29 is 84.8 Å². The Kier molecular flexibility index (Phi) is 13.1. The lowest BCUT2D eigenvalue weighted by Gasteiger charge is -2.38. The Labute approximate surface area is 315 Å². The number of benzene rings is 3. The summed E-state index contributed by atoms with van der Waals surface area (Å²) in [6.07, 6.45) is -11.4. The summed E-state index contributed by atoms with van der Waals surface area (Å²) in [7, 11) is 0. The van der Waals surface area contributed by atoms with Crippen LogP contribution in [-0.2, 0) is 27.8 Å². The lowest BCUT2D eigenvalue weighted by atomic mass is 9.72. The molecule has 1 saturated heterocycles. The van der Waals surface area contributed by atoms with Crippen LogP contribution in [0.5, 0.6) is 11.5 Å². The second-order valence-corrected chi connectivity index (χ2v) is 13.8. The van der Waals surface area contributed by atoms with Gasteiger partial charge < -0.3 is 14.2 Å². The van der Waals surface area contributed by atoms with Crippen molar-refractivity contribution >= 4 is 0 Å². The highest BCUT2D eigenvalue weighted by Crippen LogP contribution is 2.45. The summed E-state index contributed by atoms with van der Waals surface area (Å²) in [5, 5.41) is 0. The quantitative estimate of drug-likeness (QED) is 0.127. The number of hydrogen-bond donors (Lipinski definition) is 0. The third-order valence-corrected chi connectivity index (χ3v) is 9.92. The predicted octanol–water partition coefficient (Wildman–Crippen LogP) is 13.0. The Bertz CT molecular complexity index is 1850. The third-order valence-electron chi connectivity index (χ3n) is 9.92. The zero-order valence-electron chi connectivity index (χ0n) is 29.6. The van der Waals surface area contributed by atoms with Crippen LogP contribution in [0.2, 0.25) is 0 Å². The lowest BCUT2D eigenvalue weighted by molar-refractivity contribution is -0.432. The fourth-order valence-corrected chi connectivity index (χ4v) is 7.28. The summed E-state index contributed by atoms with van der Waals surface area (Å²) in [4.78, 5) is 0. The molecule has 0 amide bonds. The van der Waals surface area contributed by atoms with Crippen LogP contribution in [0.1, 0.15) is 86.6 Å². The normalized spacial score (nSPS) is 21.3. The average molecular weight is 839 g/mol. The van der Waals surface area contributed by atoms with Crippen LogP contribution in [-0.4, -0.2) is 13.0 Å². The fraction of sp³-hybridized carbons (Fsp3) is 0.474. The summed E-state index contributed by atoms with van der Waals surface area (Å²) < 4.78 is 228. The van der Waals surface area contributed by atoms with E-state index in [1.54, 1.807) is 0 Å². The predicted molar refractivity (Wildman–Crippen MR) is 170 cm³/mol. The van der Waals surface area contributed by atoms with Crippen molar-refractivity contribution in [2.24, 2.45) is 17.8 Å². The van der Waals surface area contributed by atoms with E-state index in [4.69, 9.17) is 4.74 Å². The summed E-state index contributed by atoms with van der Waals surface area (Å²) >= 11 is 0. The number of halogens is 15. The van der Waals surface area contributed by atoms with Crippen molar-refractivity contribution in [3.8, 4) is 11.5 Å². The molecule has 1 saturated carbocycles. The SMILES string of the molecule is CC=CCCC1CCC(C2CCC(c3cc(F)c(C(F)(F)Oc4cc(F)c(C(F)(F)Oc5cc(F)c(C(F)(F)OC(F)(F)F)c(F)c5)c(F)c4)c(F)c3)OC2)CC1. The van der Waals surface area contributed by atoms with E-state index in [9.17, 15) is 48.3 Å². The Hall–Kier alpha value is -4.13. The Balaban J connectivity index is 1.25. The molecule has 0 aromatic heterocycles. The van der Waals surface area contributed by atoms with Crippen LogP contribution in [0.4, 0.5) is 65.9 Å². The van der Waals surface area contributed by atoms with Crippen LogP contribution < -0.4 is 9.47 Å². The van der Waals surface area contributed by atoms with Gasteiger partial charge in [0.1, 0.15) is 63.1 Å². The van der Waals surface area contributed by atoms with Crippen molar-refractivity contribution in [2.75, 3.05) is 6.61 Å². The zero-order chi connectivity index (χ0) is 42.1. The molecule has 1 aliphatic heterocycles. The van der Waals surface area contributed by atoms with Gasteiger partial charge in [0.05, 0.1) is 12.7 Å². The molecule has 2 aliphatic rings. The number of alkyl halides is 9. The molecule has 2 unspecified atom stereocenters. The molecule has 314 valence electrons. The molecular weight excluding hydrogens is 805 g/mol. The van der Waals surface area contributed by atoms with Crippen LogP contribution in [0.3, 0.4) is 0 Å². The van der Waals surface area contributed by atoms with Gasteiger partial charge in [-0.1, -0.05) is 25.0 Å². The third kappa shape index (κ3) is 10.5. The maximum atomic E-state index is 15.1. The number of rotatable bonds is 13. The van der Waals surface area contributed by atoms with E-state index in [2.05, 4.69) is 20.3 Å². The molecule has 0 N–H and O–H groups in total. The van der Waals surface area contributed by atoms with Crippen molar-refractivity contribution in [3.05, 3.63) is 106 Å². The minimum absolute atomic E-state index is 0.0999. The van der Waals surface area contributed by atoms with Crippen molar-refractivity contribution in [2.45, 2.75) is 89.1 Å². The molecule has 57 heavy (non-hydrogen) atoms. The van der Waals surface area contributed by atoms with Crippen molar-refractivity contribution in [3.63, 3.8) is 0 Å². The summed E-state index contributed by atoms with van der Waals surface area (Å²) in [6, 6.07) is -0.369. The molecule has 3 aromatic carbocycles. The van der Waals surface area contributed by atoms with Gasteiger partial charge in [-0.2, -0.15) is 26.3 Å². The second kappa shape index (κ2) is 17.0. The molecule has 4 nitrogen and oxygen atoms in total. The minimum Gasteiger partial charge on any atom is -0.429 e. The Morgan fingerprint density at radius 1 is 0.579 bits per heavy atom. The standard InChI is InChI=1S/C38H33F15O4/c1-2-3-4-5-19-6-8-20(9-7-19)21-10-11-31(54-18-21)22-12-25(39)32(26(40)13-22)35(45,46)55-23-14-27(41)33(28(42)15-23)36(47,48)56-24-16-29(43)34(30(44)17-24)37(49,50)57-38(51,52)53/h2-3,12-17,19-21,31H,4-11,18H2,1H3. The maximum Gasteiger partial charge on any atom is 0.527 e. The van der Waals surface area contributed by atoms with E-state index >= 15 is 17.6 Å². The largest absolute Gasteiger partial charge is 0.527 e. The van der Waals surface area contributed by atoms with Gasteiger partial charge in [-0.25, -0.2) is 31.1 Å². The van der Waals surface area contributed by atoms with Gasteiger partial charge in [-0.3, -0.25) is 0 Å². The smallest absolute Gasteiger partial charge is 0.429 e. The summed E-state index contributed by atoms with van der Waals surface area (Å²) in [6.45, 7) is 2.26. The van der Waals surface area contributed by atoms with Crippen LogP contribution in [0.25, 0.3) is 0 Å². The van der Waals surface area contributed by atoms with Crippen molar-refractivity contribution in [1.82, 2.24) is 0 Å². The van der Waals surface area contributed by atoms with E-state index in [1.807, 2.05) is 13.0 Å². The molecule has 0 bridgehead atoms. The van der Waals surface area contributed by atoms with Crippen LogP contribution in [0, 0.1) is 52.7 Å². The van der Waals surface area contributed by atoms with Crippen LogP contribution in [0.15, 0.2) is 48.6 Å². The highest BCUT2D eigenvalue weighted by atomic mass is 19.4. The van der Waals surface area contributed by atoms with Gasteiger partial charge in [-0.15, -0.1) is 13.2 Å². The highest BCUT2D eigenvalue weighted by molar-refractivity contribution is 5.37. The van der Waals surface area contributed by atoms with E-state index in [1.165, 1.54) is 0 Å². The highest BCUT2D eigenvalue weighted by Gasteiger charge is 2.50. The molecule has 0 spiro atoms. The van der Waals surface area contributed by atoms with E-state index in [0.29, 0.717) is 43.4 Å². The molecule has 2 fully saturated rings. The summed E-state index contributed by atoms with van der Waals surface area (Å²) in [5.74, 6) is -15.8. The number of allylic oxidation sites excluding steroid dienone is 2. The molecule has 3 aromatic rings. The second-order valence-electron chi connectivity index (χ2n) is 13.8. The number of ether oxygens (including phenoxy) is 4. The van der Waals surface area contributed by atoms with Crippen molar-refractivity contribution in [1.29, 1.82) is 0 Å². The summed E-state index contributed by atoms with van der Waals surface area (Å²) in [5.41, 5.74) is -7.20. The first kappa shape index (κ1) is 44.0. The van der Waals surface area contributed by atoms with Gasteiger partial charge >= 0.3 is 24.7 Å². The molecule has 5 rings (SSSR count). The average Bonchev–Trinajstić information content (AvgIpc) is 3.06. The van der Waals surface area contributed by atoms with Gasteiger partial charge in [0.15, 0.2) is 0 Å². The molecule has 1 heterocycles. The maximum absolute atomic E-state index is 15.1. The Morgan fingerprint density at radius 3 is 1.40 bits per heavy atom. The number of hydrogen-bond acceptors (Lipinski definition) is 4. The van der Waals surface area contributed by atoms with Gasteiger partial charge in [0.2, 0.25) is 0 Å². The fourth-order valence-electron chi connectivity index (χ4n) is 7.28. The first-order valence-electron chi connectivity index (χ1n) is 17.5. The Morgan fingerprint density at radius 2 is 1.00 bits per heavy atom. The lowest BCUT2D eigenvalue weighted by Crippen LogP contribution is -2.30. The van der Waals surface area contributed by atoms with E-state index in [-0.39, 0.29) is 23.6 Å². The van der Waals surface area contributed by atoms with Gasteiger partial charge in [0, 0.05) is 24.3 Å². The monoisotopic (exact) mass is 838 g/mol. The first-order valence-corrected chi connectivity index (χ1v) is 17.5. The van der Waals surface area contributed by atoms with Gasteiger partial charge in [-0.05, 0) is 80.9 Å². The molecule has 0 radical (unpaired) electrons. The molecule has 1 aliphatic carbocycles. The molecular formula is C38H33F15O4. The zero-order valence-corrected chi connectivity index (χ0v) is 29.6. The van der Waals surface area contributed by atoms with E-state index < -0.39 is 106 Å². The topological polar surface area (TPSA) is 36.9 Å².